The second kappa shape index (κ2) is 8.85. The molecule has 2 aromatic rings. The van der Waals surface area contributed by atoms with Crippen LogP contribution in [0.4, 0.5) is 5.69 Å². The van der Waals surface area contributed by atoms with Gasteiger partial charge in [0.2, 0.25) is 0 Å². The zero-order valence-electron chi connectivity index (χ0n) is 17.7. The van der Waals surface area contributed by atoms with Crippen molar-refractivity contribution < 1.29 is 9.47 Å². The minimum atomic E-state index is 0.609. The van der Waals surface area contributed by atoms with Gasteiger partial charge in [-0.25, -0.2) is 0 Å². The van der Waals surface area contributed by atoms with Crippen molar-refractivity contribution in [1.29, 1.82) is 0 Å². The first-order chi connectivity index (χ1) is 15.3. The number of anilines is 1. The smallest absolute Gasteiger partial charge is 0.184 e. The van der Waals surface area contributed by atoms with Crippen molar-refractivity contribution >= 4 is 11.5 Å². The summed E-state index contributed by atoms with van der Waals surface area (Å²) in [6, 6.07) is 10.2. The van der Waals surface area contributed by atoms with Crippen LogP contribution in [0.3, 0.4) is 0 Å². The van der Waals surface area contributed by atoms with E-state index in [-0.39, 0.29) is 0 Å². The first kappa shape index (κ1) is 19.7. The Morgan fingerprint density at radius 2 is 1.90 bits per heavy atom. The number of para-hydroxylation sites is 1. The van der Waals surface area contributed by atoms with Gasteiger partial charge in [0.05, 0.1) is 12.4 Å². The normalized spacial score (nSPS) is 18.8. The van der Waals surface area contributed by atoms with Gasteiger partial charge < -0.3 is 19.3 Å². The molecule has 3 aliphatic rings. The Labute approximate surface area is 183 Å². The Morgan fingerprint density at radius 3 is 2.71 bits per heavy atom. The molecule has 0 bridgehead atoms. The van der Waals surface area contributed by atoms with Gasteiger partial charge >= 0.3 is 0 Å². The van der Waals surface area contributed by atoms with Gasteiger partial charge in [-0.2, -0.15) is 5.10 Å². The molecule has 8 heteroatoms. The van der Waals surface area contributed by atoms with Crippen molar-refractivity contribution in [3.63, 3.8) is 0 Å². The van der Waals surface area contributed by atoms with Gasteiger partial charge in [-0.3, -0.25) is 14.9 Å². The third-order valence-electron chi connectivity index (χ3n) is 5.76. The molecule has 1 saturated heterocycles. The highest BCUT2D eigenvalue weighted by Gasteiger charge is 2.27. The number of pyridine rings is 1. The molecule has 0 aliphatic carbocycles. The lowest BCUT2D eigenvalue weighted by molar-refractivity contribution is 0.116. The zero-order chi connectivity index (χ0) is 21.0. The van der Waals surface area contributed by atoms with E-state index in [4.69, 9.17) is 14.6 Å². The molecule has 3 aliphatic heterocycles. The summed E-state index contributed by atoms with van der Waals surface area (Å²) in [5, 5.41) is 7.01. The maximum atomic E-state index is 5.91. The van der Waals surface area contributed by atoms with Crippen molar-refractivity contribution in [1.82, 2.24) is 19.8 Å². The summed E-state index contributed by atoms with van der Waals surface area (Å²) in [5.41, 5.74) is 2.17. The lowest BCUT2D eigenvalue weighted by atomic mass is 10.2. The lowest BCUT2D eigenvalue weighted by Gasteiger charge is -2.38. The maximum Gasteiger partial charge on any atom is 0.184 e. The highest BCUT2D eigenvalue weighted by molar-refractivity contribution is 5.99. The number of piperazine rings is 1. The molecule has 1 aromatic carbocycles. The van der Waals surface area contributed by atoms with Crippen molar-refractivity contribution in [3.05, 3.63) is 60.9 Å². The molecule has 31 heavy (non-hydrogen) atoms. The van der Waals surface area contributed by atoms with Crippen molar-refractivity contribution in [3.8, 4) is 11.5 Å². The third-order valence-corrected chi connectivity index (χ3v) is 5.76. The van der Waals surface area contributed by atoms with Crippen LogP contribution >= 0.6 is 0 Å². The van der Waals surface area contributed by atoms with Gasteiger partial charge in [0, 0.05) is 50.7 Å². The molecule has 0 amide bonds. The summed E-state index contributed by atoms with van der Waals surface area (Å²) in [4.78, 5) is 11.3. The van der Waals surface area contributed by atoms with Crippen LogP contribution in [-0.2, 0) is 0 Å². The lowest BCUT2D eigenvalue weighted by Crippen LogP contribution is -2.49. The second-order valence-corrected chi connectivity index (χ2v) is 7.87. The summed E-state index contributed by atoms with van der Waals surface area (Å²) in [7, 11) is 0. The fourth-order valence-electron chi connectivity index (χ4n) is 4.27. The van der Waals surface area contributed by atoms with E-state index in [2.05, 4.69) is 43.4 Å². The van der Waals surface area contributed by atoms with Gasteiger partial charge in [-0.05, 0) is 24.3 Å². The summed E-state index contributed by atoms with van der Waals surface area (Å²) >= 11 is 0. The molecule has 0 spiro atoms. The van der Waals surface area contributed by atoms with E-state index in [1.54, 1.807) is 6.20 Å². The molecular formula is C23H28N6O2. The molecule has 0 saturated carbocycles. The molecule has 0 unspecified atom stereocenters. The van der Waals surface area contributed by atoms with E-state index < -0.39 is 0 Å². The summed E-state index contributed by atoms with van der Waals surface area (Å²) < 4.78 is 11.6. The number of hydrazone groups is 1. The Morgan fingerprint density at radius 1 is 1.03 bits per heavy atom. The molecule has 8 nitrogen and oxygen atoms in total. The third kappa shape index (κ3) is 4.16. The Kier molecular flexibility index (Phi) is 5.62. The van der Waals surface area contributed by atoms with E-state index >= 15 is 0 Å². The summed E-state index contributed by atoms with van der Waals surface area (Å²) in [6.45, 7) is 11.3. The van der Waals surface area contributed by atoms with E-state index in [1.165, 1.54) is 0 Å². The average molecular weight is 421 g/mol. The van der Waals surface area contributed by atoms with Gasteiger partial charge in [0.15, 0.2) is 17.3 Å². The Balaban J connectivity index is 1.22. The van der Waals surface area contributed by atoms with Crippen LogP contribution in [0.5, 0.6) is 11.5 Å². The zero-order valence-corrected chi connectivity index (χ0v) is 17.7. The molecule has 1 aromatic heterocycles. The molecule has 0 atom stereocenters. The van der Waals surface area contributed by atoms with Crippen molar-refractivity contribution in [2.45, 2.75) is 0 Å². The van der Waals surface area contributed by atoms with Gasteiger partial charge in [-0.1, -0.05) is 12.1 Å². The predicted octanol–water partition coefficient (Wildman–Crippen LogP) is 2.06. The molecule has 5 rings (SSSR count). The maximum absolute atomic E-state index is 5.91. The average Bonchev–Trinajstić information content (AvgIpc) is 3.22. The fourth-order valence-corrected chi connectivity index (χ4v) is 4.27. The van der Waals surface area contributed by atoms with Crippen molar-refractivity contribution in [2.75, 3.05) is 64.2 Å². The number of hydrogen-bond donors (Lipinski definition) is 0. The molecular weight excluding hydrogens is 392 g/mol. The molecule has 0 radical (unpaired) electrons. The first-order valence-electron chi connectivity index (χ1n) is 10.8. The Bertz CT molecular complexity index is 942. The number of hydrogen-bond acceptors (Lipinski definition) is 8. The fraction of sp³-hybridized carbons (Fsp3) is 0.391. The molecule has 1 fully saturated rings. The Hall–Kier alpha value is -3.26. The number of benzene rings is 1. The van der Waals surface area contributed by atoms with E-state index in [0.717, 1.165) is 74.6 Å². The molecule has 4 heterocycles. The van der Waals surface area contributed by atoms with Crippen LogP contribution in [0, 0.1) is 0 Å². The second-order valence-electron chi connectivity index (χ2n) is 7.87. The standard InChI is InChI=1S/C23H28N6O2/c1-2-9-28-18-29(25-23(28)19-5-4-8-24-16-19)17-26-10-12-27(13-11-26)20-6-3-7-21-22(20)31-15-14-30-21/h2-8,16H,1,9-15,17-18H2. The number of fused-ring (bicyclic) bond motifs is 1. The van der Waals surface area contributed by atoms with Crippen LogP contribution in [0.2, 0.25) is 0 Å². The number of rotatable bonds is 6. The summed E-state index contributed by atoms with van der Waals surface area (Å²) in [6.07, 6.45) is 5.57. The van der Waals surface area contributed by atoms with E-state index in [0.29, 0.717) is 13.2 Å². The highest BCUT2D eigenvalue weighted by Crippen LogP contribution is 2.39. The molecule has 0 N–H and O–H groups in total. The SMILES string of the molecule is C=CCN1CN(CN2CCN(c3cccc4c3OCCO4)CC2)N=C1c1cccnc1. The van der Waals surface area contributed by atoms with Crippen LogP contribution < -0.4 is 14.4 Å². The predicted molar refractivity (Wildman–Crippen MR) is 120 cm³/mol. The summed E-state index contributed by atoms with van der Waals surface area (Å²) in [5.74, 6) is 2.69. The largest absolute Gasteiger partial charge is 0.486 e. The van der Waals surface area contributed by atoms with Gasteiger partial charge in [0.1, 0.15) is 19.9 Å². The number of aromatic nitrogens is 1. The monoisotopic (exact) mass is 420 g/mol. The van der Waals surface area contributed by atoms with E-state index in [1.807, 2.05) is 30.5 Å². The van der Waals surface area contributed by atoms with Gasteiger partial charge in [0.25, 0.3) is 0 Å². The van der Waals surface area contributed by atoms with Crippen molar-refractivity contribution in [2.24, 2.45) is 5.10 Å². The van der Waals surface area contributed by atoms with Crippen LogP contribution in [0.25, 0.3) is 0 Å². The van der Waals surface area contributed by atoms with Crippen LogP contribution in [0.15, 0.2) is 60.5 Å². The first-order valence-corrected chi connectivity index (χ1v) is 10.8. The molecule has 162 valence electrons. The highest BCUT2D eigenvalue weighted by atomic mass is 16.6. The minimum Gasteiger partial charge on any atom is -0.486 e. The van der Waals surface area contributed by atoms with Crippen LogP contribution in [-0.4, -0.2) is 84.9 Å². The topological polar surface area (TPSA) is 56.7 Å². The van der Waals surface area contributed by atoms with E-state index in [9.17, 15) is 0 Å². The number of ether oxygens (including phenoxy) is 2. The van der Waals surface area contributed by atoms with Gasteiger partial charge in [-0.15, -0.1) is 6.58 Å². The minimum absolute atomic E-state index is 0.609. The number of amidine groups is 1. The quantitative estimate of drug-likeness (QED) is 0.663. The van der Waals surface area contributed by atoms with Crippen LogP contribution in [0.1, 0.15) is 5.56 Å². The number of nitrogens with zero attached hydrogens (tertiary/aromatic N) is 6.